The molecule has 0 spiro atoms. The van der Waals surface area contributed by atoms with E-state index in [2.05, 4.69) is 0 Å². The lowest BCUT2D eigenvalue weighted by Crippen LogP contribution is -2.31. The van der Waals surface area contributed by atoms with Crippen LogP contribution in [0.4, 0.5) is 5.69 Å². The van der Waals surface area contributed by atoms with Gasteiger partial charge in [-0.3, -0.25) is 9.10 Å². The fraction of sp³-hybridized carbons (Fsp3) is 0.381. The zero-order valence-electron chi connectivity index (χ0n) is 16.3. The lowest BCUT2D eigenvalue weighted by molar-refractivity contribution is 0.0749. The smallest absolute Gasteiger partial charge is 0.254 e. The van der Waals surface area contributed by atoms with Gasteiger partial charge in [0.15, 0.2) is 11.5 Å². The van der Waals surface area contributed by atoms with E-state index in [1.165, 1.54) is 4.31 Å². The molecular weight excluding hydrogens is 392 g/mol. The van der Waals surface area contributed by atoms with Crippen molar-refractivity contribution in [2.24, 2.45) is 0 Å². The van der Waals surface area contributed by atoms with Crippen molar-refractivity contribution in [2.45, 2.75) is 19.9 Å². The van der Waals surface area contributed by atoms with Crippen molar-refractivity contribution in [2.75, 3.05) is 36.4 Å². The minimum absolute atomic E-state index is 0.146. The highest BCUT2D eigenvalue weighted by Gasteiger charge is 2.29. The zero-order chi connectivity index (χ0) is 20.4. The number of nitrogens with zero attached hydrogens (tertiary/aromatic N) is 2. The van der Waals surface area contributed by atoms with Gasteiger partial charge in [0.1, 0.15) is 13.2 Å². The average Bonchev–Trinajstić information content (AvgIpc) is 3.10. The van der Waals surface area contributed by atoms with Crippen LogP contribution < -0.4 is 13.8 Å². The summed E-state index contributed by atoms with van der Waals surface area (Å²) in [5.74, 6) is 1.37. The highest BCUT2D eigenvalue weighted by molar-refractivity contribution is 7.93. The number of fused-ring (bicyclic) bond motifs is 1. The number of hydrogen-bond acceptors (Lipinski definition) is 5. The maximum absolute atomic E-state index is 13.2. The summed E-state index contributed by atoms with van der Waals surface area (Å²) in [6.07, 6.45) is 0.600. The molecule has 2 aromatic rings. The molecule has 2 aliphatic heterocycles. The highest BCUT2D eigenvalue weighted by Crippen LogP contribution is 2.34. The van der Waals surface area contributed by atoms with Gasteiger partial charge in [0, 0.05) is 30.8 Å². The maximum atomic E-state index is 13.2. The summed E-state index contributed by atoms with van der Waals surface area (Å²) in [6.45, 7) is 4.25. The van der Waals surface area contributed by atoms with E-state index in [9.17, 15) is 13.2 Å². The Morgan fingerprint density at radius 2 is 1.93 bits per heavy atom. The second kappa shape index (κ2) is 7.94. The number of anilines is 1. The lowest BCUT2D eigenvalue weighted by atomic mass is 10.1. The number of carbonyl (C=O) groups excluding carboxylic acids is 1. The van der Waals surface area contributed by atoms with Crippen molar-refractivity contribution in [1.82, 2.24) is 4.90 Å². The van der Waals surface area contributed by atoms with Crippen LogP contribution in [0.1, 0.15) is 29.3 Å². The molecule has 1 saturated heterocycles. The average molecular weight is 416 g/mol. The molecule has 0 radical (unpaired) electrons. The molecule has 0 unspecified atom stereocenters. The van der Waals surface area contributed by atoms with E-state index < -0.39 is 10.0 Å². The molecule has 7 nitrogen and oxygen atoms in total. The summed E-state index contributed by atoms with van der Waals surface area (Å²) in [5.41, 5.74) is 1.89. The number of benzene rings is 2. The second-order valence-electron chi connectivity index (χ2n) is 7.05. The Bertz CT molecular complexity index is 1020. The summed E-state index contributed by atoms with van der Waals surface area (Å²) >= 11 is 0. The van der Waals surface area contributed by atoms with Crippen LogP contribution >= 0.6 is 0 Å². The molecule has 154 valence electrons. The molecule has 0 N–H and O–H groups in total. The number of para-hydroxylation sites is 1. The van der Waals surface area contributed by atoms with Crippen LogP contribution in [-0.2, 0) is 16.6 Å². The zero-order valence-corrected chi connectivity index (χ0v) is 17.2. The first-order valence-electron chi connectivity index (χ1n) is 9.77. The summed E-state index contributed by atoms with van der Waals surface area (Å²) in [6, 6.07) is 12.5. The molecule has 4 rings (SSSR count). The van der Waals surface area contributed by atoms with Crippen LogP contribution in [0.5, 0.6) is 11.5 Å². The second-order valence-corrected chi connectivity index (χ2v) is 9.07. The number of sulfonamides is 1. The Balaban J connectivity index is 1.58. The third-order valence-corrected chi connectivity index (χ3v) is 7.03. The van der Waals surface area contributed by atoms with E-state index in [0.29, 0.717) is 62.0 Å². The molecule has 2 aliphatic rings. The van der Waals surface area contributed by atoms with E-state index in [4.69, 9.17) is 9.47 Å². The van der Waals surface area contributed by atoms with Crippen molar-refractivity contribution >= 4 is 21.6 Å². The first-order valence-corrected chi connectivity index (χ1v) is 11.4. The molecule has 8 heteroatoms. The van der Waals surface area contributed by atoms with Crippen LogP contribution in [0, 0.1) is 0 Å². The van der Waals surface area contributed by atoms with Gasteiger partial charge in [0.05, 0.1) is 11.4 Å². The first-order chi connectivity index (χ1) is 14.0. The number of rotatable bonds is 5. The first kappa shape index (κ1) is 19.6. The minimum Gasteiger partial charge on any atom is -0.486 e. The predicted octanol–water partition coefficient (Wildman–Crippen LogP) is 2.66. The van der Waals surface area contributed by atoms with Crippen LogP contribution in [-0.4, -0.2) is 51.3 Å². The molecule has 0 atom stereocenters. The van der Waals surface area contributed by atoms with Gasteiger partial charge in [-0.05, 0) is 37.6 Å². The Hall–Kier alpha value is -2.74. The Morgan fingerprint density at radius 3 is 2.69 bits per heavy atom. The van der Waals surface area contributed by atoms with Crippen molar-refractivity contribution in [1.29, 1.82) is 0 Å². The number of ether oxygens (including phenoxy) is 2. The van der Waals surface area contributed by atoms with Gasteiger partial charge < -0.3 is 14.4 Å². The molecule has 2 aromatic carbocycles. The largest absolute Gasteiger partial charge is 0.486 e. The Labute approximate surface area is 170 Å². The summed E-state index contributed by atoms with van der Waals surface area (Å²) in [5, 5.41) is 0. The van der Waals surface area contributed by atoms with Crippen LogP contribution in [0.15, 0.2) is 42.5 Å². The quantitative estimate of drug-likeness (QED) is 0.749. The van der Waals surface area contributed by atoms with Gasteiger partial charge in [-0.15, -0.1) is 0 Å². The van der Waals surface area contributed by atoms with Crippen molar-refractivity contribution in [3.63, 3.8) is 0 Å². The highest BCUT2D eigenvalue weighted by atomic mass is 32.2. The lowest BCUT2D eigenvalue weighted by Gasteiger charge is -2.26. The fourth-order valence-electron chi connectivity index (χ4n) is 3.70. The molecule has 0 saturated carbocycles. The van der Waals surface area contributed by atoms with Crippen LogP contribution in [0.3, 0.4) is 0 Å². The van der Waals surface area contributed by atoms with E-state index in [-0.39, 0.29) is 11.7 Å². The van der Waals surface area contributed by atoms with Crippen LogP contribution in [0.2, 0.25) is 0 Å². The molecule has 29 heavy (non-hydrogen) atoms. The fourth-order valence-corrected chi connectivity index (χ4v) is 5.25. The molecule has 0 aromatic heterocycles. The minimum atomic E-state index is -3.29. The van der Waals surface area contributed by atoms with E-state index in [0.717, 1.165) is 5.56 Å². The third kappa shape index (κ3) is 3.89. The number of amides is 1. The predicted molar refractivity (Wildman–Crippen MR) is 110 cm³/mol. The summed E-state index contributed by atoms with van der Waals surface area (Å²) in [7, 11) is -3.29. The molecule has 1 fully saturated rings. The normalized spacial score (nSPS) is 17.2. The maximum Gasteiger partial charge on any atom is 0.254 e. The molecule has 2 heterocycles. The van der Waals surface area contributed by atoms with Gasteiger partial charge in [0.25, 0.3) is 5.91 Å². The van der Waals surface area contributed by atoms with Crippen molar-refractivity contribution < 1.29 is 22.7 Å². The van der Waals surface area contributed by atoms with Gasteiger partial charge in [-0.2, -0.15) is 0 Å². The third-order valence-electron chi connectivity index (χ3n) is 5.16. The Kier molecular flexibility index (Phi) is 5.36. The van der Waals surface area contributed by atoms with Gasteiger partial charge in [-0.1, -0.05) is 18.2 Å². The van der Waals surface area contributed by atoms with E-state index in [1.807, 2.05) is 25.1 Å². The van der Waals surface area contributed by atoms with Gasteiger partial charge in [0.2, 0.25) is 10.0 Å². The topological polar surface area (TPSA) is 76.2 Å². The molecular formula is C21H24N2O5S. The molecule has 0 bridgehead atoms. The number of carbonyl (C=O) groups is 1. The van der Waals surface area contributed by atoms with E-state index in [1.54, 1.807) is 29.2 Å². The van der Waals surface area contributed by atoms with Gasteiger partial charge in [-0.25, -0.2) is 8.42 Å². The SMILES string of the molecule is CCN(Cc1cccc2c1OCCO2)C(=O)c1cccc(N2CCCS2(=O)=O)c1. The van der Waals surface area contributed by atoms with Crippen molar-refractivity contribution in [3.8, 4) is 11.5 Å². The molecule has 1 amide bonds. The summed E-state index contributed by atoms with van der Waals surface area (Å²) in [4.78, 5) is 14.9. The summed E-state index contributed by atoms with van der Waals surface area (Å²) < 4.78 is 37.2. The van der Waals surface area contributed by atoms with Crippen LogP contribution in [0.25, 0.3) is 0 Å². The monoisotopic (exact) mass is 416 g/mol. The molecule has 0 aliphatic carbocycles. The standard InChI is InChI=1S/C21H24N2O5S/c1-2-22(15-17-7-4-9-19-20(17)28-12-11-27-19)21(24)16-6-3-8-18(14-16)23-10-5-13-29(23,25)26/h3-4,6-9,14H,2,5,10-13,15H2,1H3. The van der Waals surface area contributed by atoms with Crippen molar-refractivity contribution in [3.05, 3.63) is 53.6 Å². The number of hydrogen-bond donors (Lipinski definition) is 0. The van der Waals surface area contributed by atoms with E-state index >= 15 is 0 Å². The Morgan fingerprint density at radius 1 is 1.14 bits per heavy atom. The van der Waals surface area contributed by atoms with Gasteiger partial charge >= 0.3 is 0 Å².